The van der Waals surface area contributed by atoms with Crippen LogP contribution in [0, 0.1) is 29.9 Å². The first-order valence-corrected chi connectivity index (χ1v) is 12.0. The largest absolute Gasteiger partial charge is 0.487 e. The number of nitrogens with zero attached hydrogens (tertiary/aromatic N) is 4. The number of nitriles is 1. The average Bonchev–Trinajstić information content (AvgIpc) is 2.91. The number of amides is 1. The summed E-state index contributed by atoms with van der Waals surface area (Å²) in [5.74, 6) is -2.06. The molecule has 38 heavy (non-hydrogen) atoms. The fourth-order valence-electron chi connectivity index (χ4n) is 4.54. The molecule has 0 unspecified atom stereocenters. The predicted octanol–water partition coefficient (Wildman–Crippen LogP) is 4.45. The molecule has 2 aromatic heterocycles. The van der Waals surface area contributed by atoms with Crippen molar-refractivity contribution in [3.05, 3.63) is 99.6 Å². The van der Waals surface area contributed by atoms with Gasteiger partial charge in [-0.3, -0.25) is 14.0 Å². The van der Waals surface area contributed by atoms with E-state index in [0.717, 1.165) is 17.7 Å². The van der Waals surface area contributed by atoms with Crippen LogP contribution in [-0.4, -0.2) is 34.5 Å². The molecular formula is C28H23F2N5O3. The molecule has 1 amide bonds. The van der Waals surface area contributed by atoms with Crippen LogP contribution in [0.4, 0.5) is 20.2 Å². The summed E-state index contributed by atoms with van der Waals surface area (Å²) in [6, 6.07) is 13.8. The van der Waals surface area contributed by atoms with Gasteiger partial charge in [0.1, 0.15) is 23.1 Å². The minimum absolute atomic E-state index is 0.00153. The molecule has 0 aliphatic carbocycles. The summed E-state index contributed by atoms with van der Waals surface area (Å²) in [5, 5.41) is 12.2. The number of halogens is 2. The lowest BCUT2D eigenvalue weighted by atomic mass is 10.1. The molecule has 3 heterocycles. The number of rotatable bonds is 5. The molecule has 0 spiro atoms. The van der Waals surface area contributed by atoms with Gasteiger partial charge in [-0.2, -0.15) is 5.26 Å². The van der Waals surface area contributed by atoms with Gasteiger partial charge in [-0.05, 0) is 48.9 Å². The molecule has 1 N–H and O–H groups in total. The average molecular weight is 516 g/mol. The standard InChI is InChI=1S/C28H23F2N5O3/c1-17-3-2-10-35-26(17)32-16-21(28(35)37)27(36)33-23-13-18(15-31)4-6-24(23)34-11-8-20(9-12-34)38-25-7-5-19(29)14-22(25)30/h2-7,10,13-14,16,20H,8-9,11-12H2,1H3,(H,33,36). The van der Waals surface area contributed by atoms with Crippen molar-refractivity contribution in [1.82, 2.24) is 9.38 Å². The quantitative estimate of drug-likeness (QED) is 0.422. The minimum Gasteiger partial charge on any atom is -0.487 e. The lowest BCUT2D eigenvalue weighted by molar-refractivity contribution is 0.102. The van der Waals surface area contributed by atoms with Gasteiger partial charge in [0.2, 0.25) is 0 Å². The Kier molecular flexibility index (Phi) is 6.75. The van der Waals surface area contributed by atoms with Crippen LogP contribution in [0.5, 0.6) is 5.75 Å². The van der Waals surface area contributed by atoms with Gasteiger partial charge in [-0.15, -0.1) is 0 Å². The summed E-state index contributed by atoms with van der Waals surface area (Å²) in [5.41, 5.74) is 2.04. The Balaban J connectivity index is 1.35. The van der Waals surface area contributed by atoms with Crippen molar-refractivity contribution in [2.75, 3.05) is 23.3 Å². The summed E-state index contributed by atoms with van der Waals surface area (Å²) in [6.45, 7) is 2.88. The summed E-state index contributed by atoms with van der Waals surface area (Å²) in [4.78, 5) is 32.5. The Morgan fingerprint density at radius 2 is 1.95 bits per heavy atom. The van der Waals surface area contributed by atoms with Crippen LogP contribution < -0.4 is 20.5 Å². The van der Waals surface area contributed by atoms with Gasteiger partial charge >= 0.3 is 0 Å². The van der Waals surface area contributed by atoms with Crippen molar-refractivity contribution in [2.24, 2.45) is 0 Å². The van der Waals surface area contributed by atoms with E-state index in [9.17, 15) is 23.6 Å². The van der Waals surface area contributed by atoms with E-state index in [1.165, 1.54) is 16.7 Å². The molecule has 1 fully saturated rings. The molecule has 10 heteroatoms. The number of anilines is 2. The van der Waals surface area contributed by atoms with Gasteiger partial charge in [-0.25, -0.2) is 13.8 Å². The second kappa shape index (κ2) is 10.3. The van der Waals surface area contributed by atoms with Crippen LogP contribution >= 0.6 is 0 Å². The fraction of sp³-hybridized carbons (Fsp3) is 0.214. The number of piperidine rings is 1. The summed E-state index contributed by atoms with van der Waals surface area (Å²) in [6.07, 6.45) is 3.65. The highest BCUT2D eigenvalue weighted by Gasteiger charge is 2.25. The number of nitrogens with one attached hydrogen (secondary N) is 1. The maximum Gasteiger partial charge on any atom is 0.270 e. The van der Waals surface area contributed by atoms with Crippen LogP contribution in [0.1, 0.15) is 34.3 Å². The lowest BCUT2D eigenvalue weighted by Gasteiger charge is -2.34. The molecule has 0 bridgehead atoms. The molecule has 1 aliphatic rings. The molecule has 8 nitrogen and oxygen atoms in total. The Morgan fingerprint density at radius 3 is 2.68 bits per heavy atom. The SMILES string of the molecule is Cc1cccn2c(=O)c(C(=O)Nc3cc(C#N)ccc3N3CCC(Oc4ccc(F)cc4F)CC3)cnc12. The maximum absolute atomic E-state index is 14.0. The van der Waals surface area contributed by atoms with E-state index in [-0.39, 0.29) is 17.4 Å². The van der Waals surface area contributed by atoms with Crippen LogP contribution in [0.25, 0.3) is 5.65 Å². The smallest absolute Gasteiger partial charge is 0.270 e. The molecule has 1 saturated heterocycles. The first-order valence-electron chi connectivity index (χ1n) is 12.0. The first-order chi connectivity index (χ1) is 18.3. The van der Waals surface area contributed by atoms with Crippen LogP contribution in [0.15, 0.2) is 65.7 Å². The van der Waals surface area contributed by atoms with Crippen molar-refractivity contribution in [3.63, 3.8) is 0 Å². The van der Waals surface area contributed by atoms with Crippen molar-refractivity contribution in [3.8, 4) is 11.8 Å². The van der Waals surface area contributed by atoms with E-state index < -0.39 is 23.1 Å². The van der Waals surface area contributed by atoms with E-state index in [1.54, 1.807) is 30.5 Å². The third kappa shape index (κ3) is 4.91. The molecule has 4 aromatic rings. The number of fused-ring (bicyclic) bond motifs is 1. The van der Waals surface area contributed by atoms with Crippen molar-refractivity contribution >= 4 is 22.9 Å². The van der Waals surface area contributed by atoms with Gasteiger partial charge in [0.05, 0.1) is 23.0 Å². The first kappa shape index (κ1) is 24.9. The van der Waals surface area contributed by atoms with Gasteiger partial charge in [0.25, 0.3) is 11.5 Å². The highest BCUT2D eigenvalue weighted by atomic mass is 19.1. The fourth-order valence-corrected chi connectivity index (χ4v) is 4.54. The number of aryl methyl sites for hydroxylation is 1. The van der Waals surface area contributed by atoms with Crippen LogP contribution in [0.2, 0.25) is 0 Å². The molecule has 2 aromatic carbocycles. The zero-order chi connectivity index (χ0) is 26.8. The molecule has 0 radical (unpaired) electrons. The number of carbonyl (C=O) groups is 1. The topological polar surface area (TPSA) is 99.7 Å². The van der Waals surface area contributed by atoms with E-state index in [0.29, 0.717) is 48.5 Å². The number of hydrogen-bond acceptors (Lipinski definition) is 6. The Bertz CT molecular complexity index is 1640. The van der Waals surface area contributed by atoms with Crippen molar-refractivity contribution in [1.29, 1.82) is 5.26 Å². The van der Waals surface area contributed by atoms with E-state index in [1.807, 2.05) is 17.9 Å². The summed E-state index contributed by atoms with van der Waals surface area (Å²) >= 11 is 0. The number of aromatic nitrogens is 2. The van der Waals surface area contributed by atoms with Gasteiger partial charge in [0.15, 0.2) is 11.6 Å². The highest BCUT2D eigenvalue weighted by molar-refractivity contribution is 6.05. The number of benzene rings is 2. The number of ether oxygens (including phenoxy) is 1. The molecule has 5 rings (SSSR count). The molecule has 1 aliphatic heterocycles. The second-order valence-corrected chi connectivity index (χ2v) is 9.04. The lowest BCUT2D eigenvalue weighted by Crippen LogP contribution is -2.39. The maximum atomic E-state index is 14.0. The van der Waals surface area contributed by atoms with Crippen LogP contribution in [-0.2, 0) is 0 Å². The predicted molar refractivity (Wildman–Crippen MR) is 138 cm³/mol. The van der Waals surface area contributed by atoms with Crippen molar-refractivity contribution in [2.45, 2.75) is 25.9 Å². The Hall–Kier alpha value is -4.78. The number of carbonyl (C=O) groups excluding carboxylic acids is 1. The van der Waals surface area contributed by atoms with Crippen LogP contribution in [0.3, 0.4) is 0 Å². The normalized spacial score (nSPS) is 13.8. The molecule has 0 atom stereocenters. The monoisotopic (exact) mass is 515 g/mol. The zero-order valence-electron chi connectivity index (χ0n) is 20.4. The number of pyridine rings is 1. The molecule has 0 saturated carbocycles. The van der Waals surface area contributed by atoms with E-state index in [2.05, 4.69) is 16.4 Å². The highest BCUT2D eigenvalue weighted by Crippen LogP contribution is 2.31. The third-order valence-corrected chi connectivity index (χ3v) is 6.52. The molecule has 192 valence electrons. The molecular weight excluding hydrogens is 492 g/mol. The van der Waals surface area contributed by atoms with Gasteiger partial charge < -0.3 is 15.0 Å². The summed E-state index contributed by atoms with van der Waals surface area (Å²) in [7, 11) is 0. The van der Waals surface area contributed by atoms with E-state index in [4.69, 9.17) is 4.74 Å². The summed E-state index contributed by atoms with van der Waals surface area (Å²) < 4.78 is 34.3. The Morgan fingerprint density at radius 1 is 1.16 bits per heavy atom. The zero-order valence-corrected chi connectivity index (χ0v) is 20.4. The van der Waals surface area contributed by atoms with Gasteiger partial charge in [-0.1, -0.05) is 6.07 Å². The third-order valence-electron chi connectivity index (χ3n) is 6.52. The van der Waals surface area contributed by atoms with Gasteiger partial charge in [0, 0.05) is 44.4 Å². The second-order valence-electron chi connectivity index (χ2n) is 9.04. The van der Waals surface area contributed by atoms with E-state index >= 15 is 0 Å². The number of hydrogen-bond donors (Lipinski definition) is 1. The van der Waals surface area contributed by atoms with Crippen molar-refractivity contribution < 1.29 is 18.3 Å². The Labute approximate surface area is 216 Å². The minimum atomic E-state index is -0.751.